The second-order valence-corrected chi connectivity index (χ2v) is 8.96. The molecule has 1 aromatic heterocycles. The third-order valence-corrected chi connectivity index (χ3v) is 7.01. The molecule has 1 aliphatic heterocycles. The first-order chi connectivity index (χ1) is 16.8. The lowest BCUT2D eigenvalue weighted by molar-refractivity contribution is -0.142. The fourth-order valence-electron chi connectivity index (χ4n) is 5.17. The van der Waals surface area contributed by atoms with Crippen molar-refractivity contribution in [2.24, 2.45) is 13.0 Å². The lowest BCUT2D eigenvalue weighted by Gasteiger charge is -2.23. The molecule has 2 unspecified atom stereocenters. The van der Waals surface area contributed by atoms with Crippen molar-refractivity contribution < 1.29 is 24.2 Å². The Kier molecular flexibility index (Phi) is 5.76. The zero-order valence-corrected chi connectivity index (χ0v) is 19.5. The molecule has 1 fully saturated rings. The molecular weight excluding hydrogens is 448 g/mol. The van der Waals surface area contributed by atoms with Crippen LogP contribution in [0, 0.1) is 5.92 Å². The van der Waals surface area contributed by atoms with E-state index in [1.807, 2.05) is 36.4 Å². The highest BCUT2D eigenvalue weighted by Gasteiger charge is 2.39. The number of hydrogen-bond donors (Lipinski definition) is 2. The summed E-state index contributed by atoms with van der Waals surface area (Å²) in [6, 6.07) is 17.2. The maximum atomic E-state index is 13.0. The largest absolute Gasteiger partial charge is 0.481 e. The van der Waals surface area contributed by atoms with Gasteiger partial charge in [-0.05, 0) is 35.6 Å². The standard InChI is InChI=1S/C26H26N4O5/c1-15-16(25(32)33)11-12-30(15)24(31)22-13-23(28-29(22)2)27-26(34)35-14-21-19-9-5-3-7-17(19)18-8-4-6-10-20(18)21/h3-10,13,15-16,21H,11-12,14H2,1-2H3,(H,32,33)(H,27,28,34). The van der Waals surface area contributed by atoms with Crippen LogP contribution in [0.15, 0.2) is 54.6 Å². The molecule has 2 heterocycles. The van der Waals surface area contributed by atoms with Gasteiger partial charge in [0.25, 0.3) is 5.91 Å². The maximum absolute atomic E-state index is 13.0. The Balaban J connectivity index is 1.25. The molecule has 0 saturated carbocycles. The summed E-state index contributed by atoms with van der Waals surface area (Å²) in [6.45, 7) is 2.26. The number of aliphatic carboxylic acids is 1. The minimum Gasteiger partial charge on any atom is -0.481 e. The second kappa shape index (κ2) is 8.90. The van der Waals surface area contributed by atoms with Gasteiger partial charge in [0.2, 0.25) is 0 Å². The summed E-state index contributed by atoms with van der Waals surface area (Å²) in [7, 11) is 1.60. The van der Waals surface area contributed by atoms with Crippen molar-refractivity contribution in [3.8, 4) is 11.1 Å². The molecule has 2 N–H and O–H groups in total. The number of nitrogens with zero attached hydrogens (tertiary/aromatic N) is 3. The van der Waals surface area contributed by atoms with Crippen LogP contribution in [0.2, 0.25) is 0 Å². The molecule has 1 saturated heterocycles. The number of carboxylic acids is 1. The Hall–Kier alpha value is -4.14. The van der Waals surface area contributed by atoms with Gasteiger partial charge in [-0.1, -0.05) is 48.5 Å². The molecule has 0 radical (unpaired) electrons. The molecule has 35 heavy (non-hydrogen) atoms. The molecule has 2 amide bonds. The van der Waals surface area contributed by atoms with E-state index in [1.165, 1.54) is 15.6 Å². The van der Waals surface area contributed by atoms with Crippen LogP contribution in [-0.2, 0) is 16.6 Å². The molecule has 9 nitrogen and oxygen atoms in total. The number of anilines is 1. The number of carboxylic acid groups (broad SMARTS) is 1. The first-order valence-electron chi connectivity index (χ1n) is 11.5. The van der Waals surface area contributed by atoms with Gasteiger partial charge >= 0.3 is 12.1 Å². The summed E-state index contributed by atoms with van der Waals surface area (Å²) in [5, 5.41) is 16.1. The summed E-state index contributed by atoms with van der Waals surface area (Å²) in [4.78, 5) is 38.5. The van der Waals surface area contributed by atoms with Crippen LogP contribution >= 0.6 is 0 Å². The van der Waals surface area contributed by atoms with Crippen LogP contribution in [0.1, 0.15) is 40.9 Å². The van der Waals surface area contributed by atoms with E-state index in [0.717, 1.165) is 22.3 Å². The van der Waals surface area contributed by atoms with Crippen molar-refractivity contribution >= 4 is 23.8 Å². The third-order valence-electron chi connectivity index (χ3n) is 7.01. The van der Waals surface area contributed by atoms with Gasteiger partial charge in [0.15, 0.2) is 5.82 Å². The molecule has 2 aliphatic rings. The molecule has 0 spiro atoms. The number of carbonyl (C=O) groups excluding carboxylic acids is 2. The molecule has 2 aromatic carbocycles. The highest BCUT2D eigenvalue weighted by atomic mass is 16.5. The van der Waals surface area contributed by atoms with Crippen molar-refractivity contribution in [1.82, 2.24) is 14.7 Å². The first-order valence-corrected chi connectivity index (χ1v) is 11.5. The van der Waals surface area contributed by atoms with E-state index >= 15 is 0 Å². The smallest absolute Gasteiger partial charge is 0.412 e. The zero-order chi connectivity index (χ0) is 24.7. The molecule has 5 rings (SSSR count). The van der Waals surface area contributed by atoms with Crippen LogP contribution in [0.4, 0.5) is 10.6 Å². The lowest BCUT2D eigenvalue weighted by atomic mass is 9.98. The van der Waals surface area contributed by atoms with E-state index in [9.17, 15) is 19.5 Å². The average Bonchev–Trinajstić information content (AvgIpc) is 3.50. The number of ether oxygens (including phenoxy) is 1. The van der Waals surface area contributed by atoms with Crippen molar-refractivity contribution in [3.63, 3.8) is 0 Å². The van der Waals surface area contributed by atoms with Crippen molar-refractivity contribution in [3.05, 3.63) is 71.4 Å². The monoisotopic (exact) mass is 474 g/mol. The number of amides is 2. The van der Waals surface area contributed by atoms with Gasteiger partial charge in [-0.25, -0.2) is 4.79 Å². The molecule has 0 bridgehead atoms. The number of carbonyl (C=O) groups is 3. The van der Waals surface area contributed by atoms with Crippen LogP contribution in [0.25, 0.3) is 11.1 Å². The number of rotatable bonds is 5. The van der Waals surface area contributed by atoms with E-state index in [0.29, 0.717) is 13.0 Å². The molecule has 3 aromatic rings. The average molecular weight is 475 g/mol. The van der Waals surface area contributed by atoms with Crippen molar-refractivity contribution in [1.29, 1.82) is 0 Å². The fraction of sp³-hybridized carbons (Fsp3) is 0.308. The van der Waals surface area contributed by atoms with Crippen LogP contribution in [-0.4, -0.2) is 57.0 Å². The summed E-state index contributed by atoms with van der Waals surface area (Å²) >= 11 is 0. The second-order valence-electron chi connectivity index (χ2n) is 8.96. The minimum absolute atomic E-state index is 0.0622. The summed E-state index contributed by atoms with van der Waals surface area (Å²) in [5.74, 6) is -1.69. The fourth-order valence-corrected chi connectivity index (χ4v) is 5.17. The van der Waals surface area contributed by atoms with Crippen molar-refractivity contribution in [2.45, 2.75) is 25.3 Å². The van der Waals surface area contributed by atoms with Gasteiger partial charge in [-0.2, -0.15) is 5.10 Å². The molecule has 9 heteroatoms. The van der Waals surface area contributed by atoms with Crippen molar-refractivity contribution in [2.75, 3.05) is 18.5 Å². The quantitative estimate of drug-likeness (QED) is 0.583. The summed E-state index contributed by atoms with van der Waals surface area (Å²) < 4.78 is 6.93. The van der Waals surface area contributed by atoms with Gasteiger partial charge in [0.1, 0.15) is 12.3 Å². The highest BCUT2D eigenvalue weighted by molar-refractivity contribution is 5.95. The number of likely N-dealkylation sites (tertiary alicyclic amines) is 1. The van der Waals surface area contributed by atoms with Gasteiger partial charge in [-0.3, -0.25) is 19.6 Å². The number of benzene rings is 2. The number of fused-ring (bicyclic) bond motifs is 3. The van der Waals surface area contributed by atoms with E-state index < -0.39 is 24.0 Å². The van der Waals surface area contributed by atoms with Crippen LogP contribution in [0.5, 0.6) is 0 Å². The highest BCUT2D eigenvalue weighted by Crippen LogP contribution is 2.44. The Bertz CT molecular complexity index is 1270. The van der Waals surface area contributed by atoms with Crippen LogP contribution in [0.3, 0.4) is 0 Å². The Morgan fingerprint density at radius 1 is 1.09 bits per heavy atom. The number of aromatic nitrogens is 2. The topological polar surface area (TPSA) is 114 Å². The SMILES string of the molecule is CC1C(C(=O)O)CCN1C(=O)c1cc(NC(=O)OCC2c3ccccc3-c3ccccc32)nn1C. The van der Waals surface area contributed by atoms with E-state index in [4.69, 9.17) is 4.74 Å². The maximum Gasteiger partial charge on any atom is 0.412 e. The first kappa shape index (κ1) is 22.6. The summed E-state index contributed by atoms with van der Waals surface area (Å²) in [5.41, 5.74) is 4.78. The molecule has 180 valence electrons. The number of aryl methyl sites for hydroxylation is 1. The lowest BCUT2D eigenvalue weighted by Crippen LogP contribution is -2.38. The summed E-state index contributed by atoms with van der Waals surface area (Å²) in [6.07, 6.45) is -0.255. The molecule has 1 aliphatic carbocycles. The predicted octanol–water partition coefficient (Wildman–Crippen LogP) is 3.72. The van der Waals surface area contributed by atoms with E-state index in [2.05, 4.69) is 22.5 Å². The van der Waals surface area contributed by atoms with Gasteiger partial charge in [0, 0.05) is 31.6 Å². The number of nitrogens with one attached hydrogen (secondary N) is 1. The third kappa shape index (κ3) is 4.03. The van der Waals surface area contributed by atoms with E-state index in [-0.39, 0.29) is 29.9 Å². The van der Waals surface area contributed by atoms with Crippen LogP contribution < -0.4 is 5.32 Å². The van der Waals surface area contributed by atoms with Gasteiger partial charge < -0.3 is 14.7 Å². The molecule has 2 atom stereocenters. The normalized spacial score (nSPS) is 18.7. The van der Waals surface area contributed by atoms with E-state index in [1.54, 1.807) is 14.0 Å². The number of hydrogen-bond acceptors (Lipinski definition) is 5. The Labute approximate surface area is 202 Å². The van der Waals surface area contributed by atoms with Gasteiger partial charge in [0.05, 0.1) is 5.92 Å². The zero-order valence-electron chi connectivity index (χ0n) is 19.5. The minimum atomic E-state index is -0.907. The predicted molar refractivity (Wildman–Crippen MR) is 128 cm³/mol. The van der Waals surface area contributed by atoms with Gasteiger partial charge in [-0.15, -0.1) is 0 Å². The molecular formula is C26H26N4O5. The Morgan fingerprint density at radius 2 is 1.71 bits per heavy atom. The Morgan fingerprint density at radius 3 is 2.31 bits per heavy atom.